The summed E-state index contributed by atoms with van der Waals surface area (Å²) < 4.78 is 31.7. The van der Waals surface area contributed by atoms with Crippen LogP contribution in [0.5, 0.6) is 0 Å². The minimum Gasteiger partial charge on any atom is -0.475 e. The molecule has 0 unspecified atom stereocenters. The molecule has 0 bridgehead atoms. The Hall–Kier alpha value is -5.68. The number of carbonyl (C=O) groups excluding carboxylic acids is 4. The monoisotopic (exact) mass is 716 g/mol. The third-order valence-electron chi connectivity index (χ3n) is 6.81. The van der Waals surface area contributed by atoms with E-state index < -0.39 is 12.1 Å². The number of hydrogen-bond donors (Lipinski definition) is 9. The molecule has 0 fully saturated rings. The molecule has 3 aromatic rings. The second-order valence-electron chi connectivity index (χ2n) is 10.9. The molecule has 3 rings (SSSR count). The Bertz CT molecular complexity index is 1450. The third-order valence-corrected chi connectivity index (χ3v) is 6.81. The lowest BCUT2D eigenvalue weighted by Crippen LogP contribution is -2.29. The number of halogens is 3. The first-order valence-corrected chi connectivity index (χ1v) is 16.0. The summed E-state index contributed by atoms with van der Waals surface area (Å²) in [5.41, 5.74) is 14.8. The molecule has 6 amide bonds. The second-order valence-corrected chi connectivity index (χ2v) is 10.9. The van der Waals surface area contributed by atoms with Crippen molar-refractivity contribution < 1.29 is 42.3 Å². The number of carboxylic acids is 1. The molecule has 0 aliphatic rings. The zero-order valence-electron chi connectivity index (χ0n) is 27.8. The van der Waals surface area contributed by atoms with Crippen molar-refractivity contribution in [1.82, 2.24) is 21.3 Å². The molecular formula is C34H43F3N8O6. The van der Waals surface area contributed by atoms with E-state index in [-0.39, 0.29) is 23.9 Å². The van der Waals surface area contributed by atoms with Gasteiger partial charge in [0.05, 0.1) is 0 Å². The number of anilines is 2. The normalized spacial score (nSPS) is 10.5. The average molecular weight is 717 g/mol. The first-order chi connectivity index (χ1) is 24.3. The molecule has 0 heterocycles. The van der Waals surface area contributed by atoms with Crippen molar-refractivity contribution in [2.75, 3.05) is 36.8 Å². The number of alkyl halides is 3. The largest absolute Gasteiger partial charge is 0.490 e. The van der Waals surface area contributed by atoms with Gasteiger partial charge in [-0.3, -0.25) is 9.59 Å². The van der Waals surface area contributed by atoms with E-state index in [1.807, 2.05) is 24.3 Å². The molecule has 276 valence electrons. The quantitative estimate of drug-likeness (QED) is 0.0985. The maximum atomic E-state index is 12.6. The van der Waals surface area contributed by atoms with Gasteiger partial charge < -0.3 is 48.5 Å². The number of carboxylic acid groups (broad SMARTS) is 1. The second kappa shape index (κ2) is 22.1. The van der Waals surface area contributed by atoms with Crippen molar-refractivity contribution >= 4 is 41.2 Å². The van der Waals surface area contributed by atoms with Gasteiger partial charge in [0.1, 0.15) is 0 Å². The highest BCUT2D eigenvalue weighted by atomic mass is 19.4. The van der Waals surface area contributed by atoms with E-state index >= 15 is 0 Å². The van der Waals surface area contributed by atoms with Gasteiger partial charge in [-0.2, -0.15) is 13.2 Å². The van der Waals surface area contributed by atoms with Crippen molar-refractivity contribution in [3.63, 3.8) is 0 Å². The predicted molar refractivity (Wildman–Crippen MR) is 186 cm³/mol. The van der Waals surface area contributed by atoms with E-state index in [1.54, 1.807) is 48.5 Å². The first-order valence-electron chi connectivity index (χ1n) is 16.0. The van der Waals surface area contributed by atoms with Crippen molar-refractivity contribution in [2.45, 2.75) is 44.9 Å². The molecule has 0 atom stereocenters. The number of aliphatic carboxylic acids is 1. The highest BCUT2D eigenvalue weighted by molar-refractivity contribution is 5.98. The molecule has 0 aliphatic carbocycles. The molecular weight excluding hydrogens is 673 g/mol. The highest BCUT2D eigenvalue weighted by Gasteiger charge is 2.38. The Morgan fingerprint density at radius 1 is 0.549 bits per heavy atom. The Labute approximate surface area is 292 Å². The third kappa shape index (κ3) is 17.0. The van der Waals surface area contributed by atoms with Gasteiger partial charge in [-0.15, -0.1) is 0 Å². The van der Waals surface area contributed by atoms with Crippen LogP contribution in [0.2, 0.25) is 0 Å². The van der Waals surface area contributed by atoms with E-state index in [1.165, 1.54) is 0 Å². The number of nitrogens with two attached hydrogens (primary N) is 2. The van der Waals surface area contributed by atoms with E-state index in [0.29, 0.717) is 61.8 Å². The summed E-state index contributed by atoms with van der Waals surface area (Å²) in [5.74, 6) is -3.30. The van der Waals surface area contributed by atoms with Crippen molar-refractivity contribution in [3.05, 3.63) is 95.1 Å². The van der Waals surface area contributed by atoms with Gasteiger partial charge in [0.2, 0.25) is 0 Å². The number of unbranched alkanes of at least 4 members (excludes halogenated alkanes) is 2. The van der Waals surface area contributed by atoms with Crippen LogP contribution >= 0.6 is 0 Å². The SMILES string of the molecule is NCCCCNC(=O)Nc1ccc(CNC(=O)c2ccc(C(=O)NCc3ccc(NC(=O)NCCCCN)cc3)cc2)cc1.O=C(O)C(F)(F)F. The molecule has 17 heteroatoms. The fourth-order valence-electron chi connectivity index (χ4n) is 4.05. The van der Waals surface area contributed by atoms with Crippen LogP contribution in [-0.2, 0) is 17.9 Å². The minimum absolute atomic E-state index is 0.269. The molecule has 0 saturated heterocycles. The number of amides is 6. The van der Waals surface area contributed by atoms with Crippen LogP contribution < -0.4 is 43.4 Å². The molecule has 0 radical (unpaired) electrons. The molecule has 11 N–H and O–H groups in total. The van der Waals surface area contributed by atoms with Crippen LogP contribution in [0, 0.1) is 0 Å². The fraction of sp³-hybridized carbons (Fsp3) is 0.324. The summed E-state index contributed by atoms with van der Waals surface area (Å²) in [6.45, 7) is 2.93. The fourth-order valence-corrected chi connectivity index (χ4v) is 4.05. The minimum atomic E-state index is -5.08. The lowest BCUT2D eigenvalue weighted by Gasteiger charge is -2.10. The zero-order chi connectivity index (χ0) is 37.6. The summed E-state index contributed by atoms with van der Waals surface area (Å²) in [6.07, 6.45) is -1.72. The molecule has 14 nitrogen and oxygen atoms in total. The van der Waals surface area contributed by atoms with E-state index in [2.05, 4.69) is 31.9 Å². The molecule has 0 saturated carbocycles. The Balaban J connectivity index is 0.00000116. The Morgan fingerprint density at radius 2 is 0.882 bits per heavy atom. The number of nitrogens with one attached hydrogen (secondary N) is 6. The maximum absolute atomic E-state index is 12.6. The van der Waals surface area contributed by atoms with Crippen LogP contribution in [-0.4, -0.2) is 67.3 Å². The summed E-state index contributed by atoms with van der Waals surface area (Å²) in [5, 5.41) is 23.9. The number of carbonyl (C=O) groups is 5. The number of hydrogen-bond acceptors (Lipinski definition) is 7. The number of rotatable bonds is 16. The van der Waals surface area contributed by atoms with Crippen LogP contribution in [0.1, 0.15) is 57.5 Å². The summed E-state index contributed by atoms with van der Waals surface area (Å²) >= 11 is 0. The predicted octanol–water partition coefficient (Wildman–Crippen LogP) is 3.90. The van der Waals surface area contributed by atoms with Crippen molar-refractivity contribution in [3.8, 4) is 0 Å². The van der Waals surface area contributed by atoms with Gasteiger partial charge in [0.25, 0.3) is 11.8 Å². The standard InChI is InChI=1S/C32H42N8O4.C2HF3O2/c33-17-1-3-19-35-31(43)39-27-13-5-23(6-14-27)21-37-29(41)25-9-11-26(12-10-25)30(42)38-22-24-7-15-28(16-8-24)40-32(44)36-20-4-2-18-34;3-2(4,5)1(6)7/h5-16H,1-4,17-22,33-34H2,(H,37,41)(H,38,42)(H2,35,39,43)(H2,36,40,44);(H,6,7). The van der Waals surface area contributed by atoms with Crippen molar-refractivity contribution in [1.29, 1.82) is 0 Å². The molecule has 0 spiro atoms. The molecule has 0 aromatic heterocycles. The van der Waals surface area contributed by atoms with Crippen LogP contribution in [0.15, 0.2) is 72.8 Å². The zero-order valence-corrected chi connectivity index (χ0v) is 27.8. The van der Waals surface area contributed by atoms with E-state index in [0.717, 1.165) is 36.8 Å². The van der Waals surface area contributed by atoms with Gasteiger partial charge in [-0.05, 0) is 98.4 Å². The first kappa shape index (κ1) is 41.5. The Kier molecular flexibility index (Phi) is 18.0. The Morgan fingerprint density at radius 3 is 1.18 bits per heavy atom. The molecule has 51 heavy (non-hydrogen) atoms. The number of benzene rings is 3. The lowest BCUT2D eigenvalue weighted by atomic mass is 10.1. The van der Waals surface area contributed by atoms with Gasteiger partial charge in [0, 0.05) is 48.7 Å². The van der Waals surface area contributed by atoms with Crippen LogP contribution in [0.4, 0.5) is 34.1 Å². The van der Waals surface area contributed by atoms with Gasteiger partial charge in [-0.25, -0.2) is 14.4 Å². The summed E-state index contributed by atoms with van der Waals surface area (Å²) in [4.78, 5) is 58.0. The van der Waals surface area contributed by atoms with E-state index in [4.69, 9.17) is 21.4 Å². The van der Waals surface area contributed by atoms with Gasteiger partial charge in [-0.1, -0.05) is 24.3 Å². The molecule has 0 aliphatic heterocycles. The van der Waals surface area contributed by atoms with E-state index in [9.17, 15) is 32.3 Å². The lowest BCUT2D eigenvalue weighted by molar-refractivity contribution is -0.192. The van der Waals surface area contributed by atoms with Crippen LogP contribution in [0.25, 0.3) is 0 Å². The topological polar surface area (TPSA) is 230 Å². The maximum Gasteiger partial charge on any atom is 0.490 e. The van der Waals surface area contributed by atoms with Crippen molar-refractivity contribution in [2.24, 2.45) is 11.5 Å². The summed E-state index contributed by atoms with van der Waals surface area (Å²) in [7, 11) is 0. The van der Waals surface area contributed by atoms with Gasteiger partial charge >= 0.3 is 24.2 Å². The molecule has 3 aromatic carbocycles. The summed E-state index contributed by atoms with van der Waals surface area (Å²) in [6, 6.07) is 20.2. The van der Waals surface area contributed by atoms with Gasteiger partial charge in [0.15, 0.2) is 0 Å². The van der Waals surface area contributed by atoms with Crippen LogP contribution in [0.3, 0.4) is 0 Å². The highest BCUT2D eigenvalue weighted by Crippen LogP contribution is 2.14. The number of urea groups is 2. The average Bonchev–Trinajstić information content (AvgIpc) is 3.11. The smallest absolute Gasteiger partial charge is 0.475 e.